The predicted octanol–water partition coefficient (Wildman–Crippen LogP) is 1.87. The second-order valence-electron chi connectivity index (χ2n) is 7.19. The van der Waals surface area contributed by atoms with Gasteiger partial charge in [-0.05, 0) is 56.8 Å². The van der Waals surface area contributed by atoms with Gasteiger partial charge in [-0.1, -0.05) is 0 Å². The number of hydrogen-bond donors (Lipinski definition) is 1. The molecule has 8 heteroatoms. The van der Waals surface area contributed by atoms with Crippen LogP contribution in [-0.2, 0) is 14.8 Å². The minimum Gasteiger partial charge on any atom is -0.497 e. The topological polar surface area (TPSA) is 77.1 Å². The van der Waals surface area contributed by atoms with Crippen LogP contribution >= 0.6 is 0 Å². The number of methoxy groups -OCH3 is 2. The molecule has 27 heavy (non-hydrogen) atoms. The number of benzene rings is 1. The minimum atomic E-state index is -3.65. The lowest BCUT2D eigenvalue weighted by Crippen LogP contribution is -2.45. The summed E-state index contributed by atoms with van der Waals surface area (Å²) in [5, 5.41) is 0. The second-order valence-corrected chi connectivity index (χ2v) is 8.93. The van der Waals surface area contributed by atoms with Crippen LogP contribution in [0.4, 0.5) is 0 Å². The van der Waals surface area contributed by atoms with E-state index in [4.69, 9.17) is 14.2 Å². The molecule has 0 amide bonds. The van der Waals surface area contributed by atoms with E-state index in [0.717, 1.165) is 52.0 Å². The van der Waals surface area contributed by atoms with Crippen molar-refractivity contribution in [3.63, 3.8) is 0 Å². The highest BCUT2D eigenvalue weighted by Crippen LogP contribution is 2.29. The first-order chi connectivity index (χ1) is 13.0. The van der Waals surface area contributed by atoms with Gasteiger partial charge >= 0.3 is 0 Å². The summed E-state index contributed by atoms with van der Waals surface area (Å²) in [5.74, 6) is 1.16. The van der Waals surface area contributed by atoms with Crippen LogP contribution < -0.4 is 14.2 Å². The van der Waals surface area contributed by atoms with Crippen LogP contribution in [0.1, 0.15) is 25.7 Å². The fourth-order valence-corrected chi connectivity index (χ4v) is 5.17. The third-order valence-electron chi connectivity index (χ3n) is 5.58. The maximum atomic E-state index is 12.8. The lowest BCUT2D eigenvalue weighted by atomic mass is 9.94. The Bertz CT molecular complexity index is 711. The van der Waals surface area contributed by atoms with Crippen molar-refractivity contribution in [3.05, 3.63) is 18.2 Å². The molecule has 1 aromatic carbocycles. The van der Waals surface area contributed by atoms with Gasteiger partial charge in [0.25, 0.3) is 0 Å². The van der Waals surface area contributed by atoms with Gasteiger partial charge < -0.3 is 19.1 Å². The quantitative estimate of drug-likeness (QED) is 0.756. The predicted molar refractivity (Wildman–Crippen MR) is 103 cm³/mol. The number of piperidine rings is 1. The third-order valence-corrected chi connectivity index (χ3v) is 7.02. The van der Waals surface area contributed by atoms with Gasteiger partial charge in [0.1, 0.15) is 16.4 Å². The van der Waals surface area contributed by atoms with Gasteiger partial charge in [0.05, 0.1) is 14.2 Å². The lowest BCUT2D eigenvalue weighted by molar-refractivity contribution is 0.0214. The summed E-state index contributed by atoms with van der Waals surface area (Å²) >= 11 is 0. The van der Waals surface area contributed by atoms with Gasteiger partial charge in [0.2, 0.25) is 10.0 Å². The maximum Gasteiger partial charge on any atom is 0.244 e. The first kappa shape index (κ1) is 20.4. The number of nitrogens with zero attached hydrogens (tertiary/aromatic N) is 1. The Morgan fingerprint density at radius 3 is 2.44 bits per heavy atom. The molecule has 0 unspecified atom stereocenters. The fourth-order valence-electron chi connectivity index (χ4n) is 3.87. The van der Waals surface area contributed by atoms with Gasteiger partial charge in [-0.2, -0.15) is 0 Å². The summed E-state index contributed by atoms with van der Waals surface area (Å²) < 4.78 is 44.1. The molecule has 0 saturated carbocycles. The monoisotopic (exact) mass is 398 g/mol. The molecule has 2 aliphatic rings. The number of hydrogen-bond acceptors (Lipinski definition) is 6. The fraction of sp³-hybridized carbons (Fsp3) is 0.684. The van der Waals surface area contributed by atoms with Crippen LogP contribution in [0.5, 0.6) is 11.5 Å². The van der Waals surface area contributed by atoms with E-state index in [1.165, 1.54) is 20.3 Å². The van der Waals surface area contributed by atoms with Crippen LogP contribution in [0, 0.1) is 5.92 Å². The highest BCUT2D eigenvalue weighted by molar-refractivity contribution is 7.89. The third kappa shape index (κ3) is 5.13. The van der Waals surface area contributed by atoms with Crippen molar-refractivity contribution in [2.75, 3.05) is 47.1 Å². The lowest BCUT2D eigenvalue weighted by Gasteiger charge is -2.39. The van der Waals surface area contributed by atoms with Gasteiger partial charge in [-0.15, -0.1) is 0 Å². The standard InChI is InChI=1S/C19H30N2O5S/c1-24-17-3-4-18(25-2)19(13-17)27(22,23)20-14-15-5-9-21(10-6-15)16-7-11-26-12-8-16/h3-4,13,15-16,20H,5-12,14H2,1-2H3. The average molecular weight is 399 g/mol. The molecule has 0 bridgehead atoms. The summed E-state index contributed by atoms with van der Waals surface area (Å²) in [7, 11) is -0.677. The summed E-state index contributed by atoms with van der Waals surface area (Å²) in [6, 6.07) is 5.41. The summed E-state index contributed by atoms with van der Waals surface area (Å²) in [5.41, 5.74) is 0. The highest BCUT2D eigenvalue weighted by atomic mass is 32.2. The number of likely N-dealkylation sites (tertiary alicyclic amines) is 1. The molecular formula is C19H30N2O5S. The van der Waals surface area contributed by atoms with Crippen molar-refractivity contribution in [1.29, 1.82) is 0 Å². The van der Waals surface area contributed by atoms with Crippen molar-refractivity contribution in [2.45, 2.75) is 36.6 Å². The normalized spacial score (nSPS) is 20.5. The van der Waals surface area contributed by atoms with E-state index in [1.54, 1.807) is 12.1 Å². The SMILES string of the molecule is COc1ccc(OC)c(S(=O)(=O)NCC2CCN(C3CCOCC3)CC2)c1. The number of rotatable bonds is 7. The van der Waals surface area contributed by atoms with Crippen LogP contribution in [-0.4, -0.2) is 66.4 Å². The van der Waals surface area contributed by atoms with E-state index in [9.17, 15) is 8.42 Å². The van der Waals surface area contributed by atoms with E-state index in [2.05, 4.69) is 9.62 Å². The first-order valence-electron chi connectivity index (χ1n) is 9.57. The van der Waals surface area contributed by atoms with Gasteiger partial charge in [-0.3, -0.25) is 0 Å². The number of ether oxygens (including phenoxy) is 3. The van der Waals surface area contributed by atoms with Crippen LogP contribution in [0.25, 0.3) is 0 Å². The molecular weight excluding hydrogens is 368 g/mol. The molecule has 0 aromatic heterocycles. The highest BCUT2D eigenvalue weighted by Gasteiger charge is 2.28. The van der Waals surface area contributed by atoms with E-state index in [1.807, 2.05) is 0 Å². The summed E-state index contributed by atoms with van der Waals surface area (Å²) in [4.78, 5) is 2.66. The minimum absolute atomic E-state index is 0.115. The largest absolute Gasteiger partial charge is 0.497 e. The Hall–Kier alpha value is -1.35. The van der Waals surface area contributed by atoms with E-state index >= 15 is 0 Å². The number of sulfonamides is 1. The molecule has 2 heterocycles. The first-order valence-corrected chi connectivity index (χ1v) is 11.1. The molecule has 1 N–H and O–H groups in total. The Balaban J connectivity index is 1.55. The molecule has 0 aliphatic carbocycles. The van der Waals surface area contributed by atoms with Crippen molar-refractivity contribution >= 4 is 10.0 Å². The Morgan fingerprint density at radius 2 is 1.81 bits per heavy atom. The zero-order valence-corrected chi connectivity index (χ0v) is 17.0. The Labute approximate surface area is 162 Å². The van der Waals surface area contributed by atoms with Crippen molar-refractivity contribution in [1.82, 2.24) is 9.62 Å². The van der Waals surface area contributed by atoms with Crippen molar-refractivity contribution < 1.29 is 22.6 Å². The molecule has 2 aliphatic heterocycles. The maximum absolute atomic E-state index is 12.8. The van der Waals surface area contributed by atoms with Crippen LogP contribution in [0.2, 0.25) is 0 Å². The molecule has 0 spiro atoms. The molecule has 2 saturated heterocycles. The number of nitrogens with one attached hydrogen (secondary N) is 1. The van der Waals surface area contributed by atoms with Gasteiger partial charge in [-0.25, -0.2) is 13.1 Å². The van der Waals surface area contributed by atoms with Crippen LogP contribution in [0.3, 0.4) is 0 Å². The molecule has 0 atom stereocenters. The zero-order chi connectivity index (χ0) is 19.3. The Kier molecular flexibility index (Phi) is 6.97. The molecule has 0 radical (unpaired) electrons. The molecule has 152 valence electrons. The van der Waals surface area contributed by atoms with Crippen molar-refractivity contribution in [3.8, 4) is 11.5 Å². The molecule has 2 fully saturated rings. The average Bonchev–Trinajstić information content (AvgIpc) is 2.73. The summed E-state index contributed by atoms with van der Waals surface area (Å²) in [6.07, 6.45) is 4.23. The zero-order valence-electron chi connectivity index (χ0n) is 16.1. The second kappa shape index (κ2) is 9.23. The Morgan fingerprint density at radius 1 is 1.11 bits per heavy atom. The molecule has 7 nitrogen and oxygen atoms in total. The molecule has 3 rings (SSSR count). The van der Waals surface area contributed by atoms with E-state index in [-0.39, 0.29) is 4.90 Å². The smallest absolute Gasteiger partial charge is 0.244 e. The van der Waals surface area contributed by atoms with Crippen molar-refractivity contribution in [2.24, 2.45) is 5.92 Å². The van der Waals surface area contributed by atoms with Gasteiger partial charge in [0.15, 0.2) is 0 Å². The van der Waals surface area contributed by atoms with Crippen LogP contribution in [0.15, 0.2) is 23.1 Å². The van der Waals surface area contributed by atoms with E-state index in [0.29, 0.717) is 30.0 Å². The molecule has 1 aromatic rings. The van der Waals surface area contributed by atoms with E-state index < -0.39 is 10.0 Å². The summed E-state index contributed by atoms with van der Waals surface area (Å²) in [6.45, 7) is 4.21. The van der Waals surface area contributed by atoms with Gasteiger partial charge in [0, 0.05) is 31.9 Å².